The van der Waals surface area contributed by atoms with Crippen molar-refractivity contribution < 1.29 is 31.4 Å². The van der Waals surface area contributed by atoms with Crippen LogP contribution in [0.15, 0.2) is 12.4 Å². The van der Waals surface area contributed by atoms with Gasteiger partial charge in [0.15, 0.2) is 11.6 Å². The number of nitrogens with zero attached hydrogens (tertiary/aromatic N) is 2. The molecule has 1 N–H and O–H groups in total. The molecule has 1 aromatic heterocycles. The van der Waals surface area contributed by atoms with Crippen molar-refractivity contribution in [3.05, 3.63) is 18.2 Å². The number of ketones is 1. The Morgan fingerprint density at radius 1 is 0.730 bits per heavy atom. The van der Waals surface area contributed by atoms with Crippen LogP contribution in [0.5, 0.6) is 0 Å². The first kappa shape index (κ1) is 34.1. The second-order valence-corrected chi connectivity index (χ2v) is 13.9. The number of carbonyl (C=O) groups excluding carboxylic acids is 1. The molecule has 0 aliphatic heterocycles. The Hall–Kier alpha value is -0.966. The number of hydrogen-bond acceptors (Lipinski definition) is 9. The minimum absolute atomic E-state index is 0.0378. The number of H-pyrrole nitrogens is 1. The van der Waals surface area contributed by atoms with Gasteiger partial charge in [0.2, 0.25) is 0 Å². The molecular weight excluding hydrogens is 510 g/mol. The minimum Gasteiger partial charge on any atom is -0.374 e. The third-order valence-electron chi connectivity index (χ3n) is 5.74. The van der Waals surface area contributed by atoms with E-state index in [0.717, 1.165) is 51.0 Å². The Kier molecular flexibility index (Phi) is 18.4. The summed E-state index contributed by atoms with van der Waals surface area (Å²) in [6.45, 7) is 17.9. The third-order valence-corrected chi connectivity index (χ3v) is 12.0. The lowest BCUT2D eigenvalue weighted by atomic mass is 10.2. The molecule has 0 atom stereocenters. The van der Waals surface area contributed by atoms with Crippen LogP contribution >= 0.6 is 0 Å². The molecule has 12 heteroatoms. The summed E-state index contributed by atoms with van der Waals surface area (Å²) < 4.78 is 36.2. The molecule has 1 aromatic rings. The average Bonchev–Trinajstić information content (AvgIpc) is 3.40. The van der Waals surface area contributed by atoms with E-state index in [1.807, 2.05) is 41.5 Å². The summed E-state index contributed by atoms with van der Waals surface area (Å²) in [4.78, 5) is 21.8. The lowest BCUT2D eigenvalue weighted by Crippen LogP contribution is -2.47. The molecule has 0 aromatic carbocycles. The third kappa shape index (κ3) is 13.1. The molecule has 0 bridgehead atoms. The van der Waals surface area contributed by atoms with Crippen LogP contribution in [-0.2, 0) is 26.6 Å². The molecule has 0 amide bonds. The van der Waals surface area contributed by atoms with E-state index in [0.29, 0.717) is 51.9 Å². The van der Waals surface area contributed by atoms with Crippen LogP contribution in [0.2, 0.25) is 12.1 Å². The Morgan fingerprint density at radius 2 is 1.14 bits per heavy atom. The van der Waals surface area contributed by atoms with Crippen molar-refractivity contribution >= 4 is 23.4 Å². The highest BCUT2D eigenvalue weighted by Gasteiger charge is 2.41. The zero-order chi connectivity index (χ0) is 27.4. The maximum Gasteiger partial charge on any atom is 0.500 e. The lowest BCUT2D eigenvalue weighted by molar-refractivity contribution is 0.0692. The predicted molar refractivity (Wildman–Crippen MR) is 149 cm³/mol. The quantitative estimate of drug-likeness (QED) is 0.136. The SMILES string of the molecule is CCO[Si](CCCN(CCCC(=O)c1ncc[nH]1)CCC[Si](OCC)(OCC)OCC)(OCC)OCC. The van der Waals surface area contributed by atoms with Crippen molar-refractivity contribution in [2.75, 3.05) is 59.3 Å². The summed E-state index contributed by atoms with van der Waals surface area (Å²) in [7, 11) is -5.38. The maximum atomic E-state index is 12.4. The van der Waals surface area contributed by atoms with Gasteiger partial charge in [-0.15, -0.1) is 0 Å². The Bertz CT molecular complexity index is 632. The Morgan fingerprint density at radius 3 is 1.49 bits per heavy atom. The number of hydrogen-bond donors (Lipinski definition) is 1. The van der Waals surface area contributed by atoms with Gasteiger partial charge >= 0.3 is 17.6 Å². The first-order valence-electron chi connectivity index (χ1n) is 14.0. The molecule has 0 radical (unpaired) electrons. The van der Waals surface area contributed by atoms with Crippen molar-refractivity contribution in [1.82, 2.24) is 14.9 Å². The fourth-order valence-electron chi connectivity index (χ4n) is 4.38. The molecule has 0 aliphatic rings. The van der Waals surface area contributed by atoms with Crippen LogP contribution in [-0.4, -0.2) is 97.5 Å². The fraction of sp³-hybridized carbons (Fsp3) is 0.840. The average molecular weight is 562 g/mol. The maximum absolute atomic E-state index is 12.4. The van der Waals surface area contributed by atoms with Gasteiger partial charge in [0.05, 0.1) is 0 Å². The van der Waals surface area contributed by atoms with Crippen molar-refractivity contribution in [2.24, 2.45) is 0 Å². The fourth-order valence-corrected chi connectivity index (χ4v) is 9.56. The number of nitrogens with one attached hydrogen (secondary N) is 1. The minimum atomic E-state index is -2.69. The molecular formula is C25H51N3O7Si2. The van der Waals surface area contributed by atoms with Gasteiger partial charge in [-0.2, -0.15) is 0 Å². The zero-order valence-electron chi connectivity index (χ0n) is 24.0. The number of carbonyl (C=O) groups is 1. The van der Waals surface area contributed by atoms with Gasteiger partial charge in [-0.1, -0.05) is 0 Å². The van der Waals surface area contributed by atoms with E-state index in [4.69, 9.17) is 26.6 Å². The Labute approximate surface area is 226 Å². The molecule has 10 nitrogen and oxygen atoms in total. The van der Waals surface area contributed by atoms with E-state index < -0.39 is 17.6 Å². The van der Waals surface area contributed by atoms with Gasteiger partial charge in [-0.3, -0.25) is 4.79 Å². The van der Waals surface area contributed by atoms with Crippen LogP contribution in [0.4, 0.5) is 0 Å². The highest BCUT2D eigenvalue weighted by atomic mass is 28.4. The van der Waals surface area contributed by atoms with Gasteiger partial charge in [0.25, 0.3) is 0 Å². The van der Waals surface area contributed by atoms with E-state index in [1.165, 1.54) is 0 Å². The second-order valence-electron chi connectivity index (χ2n) is 8.48. The largest absolute Gasteiger partial charge is 0.500 e. The van der Waals surface area contributed by atoms with Gasteiger partial charge in [-0.05, 0) is 80.4 Å². The first-order chi connectivity index (χ1) is 17.9. The molecule has 0 aliphatic carbocycles. The molecule has 0 saturated carbocycles. The summed E-state index contributed by atoms with van der Waals surface area (Å²) in [6, 6.07) is 1.53. The van der Waals surface area contributed by atoms with Crippen LogP contribution in [0.25, 0.3) is 0 Å². The number of rotatable bonds is 25. The standard InChI is InChI=1S/C25H51N3O7Si2/c1-7-30-36(31-8-2,32-9-3)22-14-20-28(19-13-16-24(29)25-26-17-18-27-25)21-15-23-37(33-10-4,34-11-5)35-12-6/h17-18H,7-16,19-23H2,1-6H3,(H,26,27). The smallest absolute Gasteiger partial charge is 0.374 e. The van der Waals surface area contributed by atoms with Crippen LogP contribution in [0, 0.1) is 0 Å². The van der Waals surface area contributed by atoms with E-state index in [9.17, 15) is 4.79 Å². The van der Waals surface area contributed by atoms with E-state index in [2.05, 4.69) is 14.9 Å². The van der Waals surface area contributed by atoms with Crippen molar-refractivity contribution in [1.29, 1.82) is 0 Å². The summed E-state index contributed by atoms with van der Waals surface area (Å²) >= 11 is 0. The van der Waals surface area contributed by atoms with Crippen LogP contribution < -0.4 is 0 Å². The van der Waals surface area contributed by atoms with Crippen LogP contribution in [0.3, 0.4) is 0 Å². The van der Waals surface area contributed by atoms with Gasteiger partial charge in [0, 0.05) is 70.5 Å². The van der Waals surface area contributed by atoms with Gasteiger partial charge in [0.1, 0.15) is 0 Å². The summed E-state index contributed by atoms with van der Waals surface area (Å²) in [5.41, 5.74) is 0. The highest BCUT2D eigenvalue weighted by Crippen LogP contribution is 2.21. The van der Waals surface area contributed by atoms with Crippen molar-refractivity contribution in [3.8, 4) is 0 Å². The number of imidazole rings is 1. The Balaban J connectivity index is 2.78. The number of aromatic amines is 1. The van der Waals surface area contributed by atoms with Crippen LogP contribution in [0.1, 0.15) is 77.8 Å². The van der Waals surface area contributed by atoms with Crippen molar-refractivity contribution in [3.63, 3.8) is 0 Å². The molecule has 1 heterocycles. The van der Waals surface area contributed by atoms with E-state index in [1.54, 1.807) is 12.4 Å². The van der Waals surface area contributed by atoms with Gasteiger partial charge < -0.3 is 36.4 Å². The normalized spacial score (nSPS) is 12.5. The second kappa shape index (κ2) is 20.0. The highest BCUT2D eigenvalue weighted by molar-refractivity contribution is 6.61. The van der Waals surface area contributed by atoms with E-state index >= 15 is 0 Å². The lowest BCUT2D eigenvalue weighted by Gasteiger charge is -2.31. The molecule has 216 valence electrons. The monoisotopic (exact) mass is 561 g/mol. The molecule has 0 fully saturated rings. The molecule has 1 rings (SSSR count). The number of Topliss-reactive ketones (excluding diaryl/α,β-unsaturated/α-hetero) is 1. The van der Waals surface area contributed by atoms with E-state index in [-0.39, 0.29) is 5.78 Å². The molecule has 37 heavy (non-hydrogen) atoms. The molecule has 0 spiro atoms. The topological polar surface area (TPSA) is 104 Å². The number of aromatic nitrogens is 2. The van der Waals surface area contributed by atoms with Gasteiger partial charge in [-0.25, -0.2) is 4.98 Å². The van der Waals surface area contributed by atoms with Crippen molar-refractivity contribution in [2.45, 2.75) is 79.3 Å². The summed E-state index contributed by atoms with van der Waals surface area (Å²) in [6.07, 6.45) is 6.28. The molecule has 0 unspecified atom stereocenters. The predicted octanol–water partition coefficient (Wildman–Crippen LogP) is 4.55. The zero-order valence-corrected chi connectivity index (χ0v) is 26.0. The first-order valence-corrected chi connectivity index (χ1v) is 17.9. The summed E-state index contributed by atoms with van der Waals surface area (Å²) in [5.74, 6) is 0.462. The molecule has 0 saturated heterocycles. The summed E-state index contributed by atoms with van der Waals surface area (Å²) in [5, 5.41) is 0.